The molecule has 1 aromatic heterocycles. The predicted molar refractivity (Wildman–Crippen MR) is 324 cm³/mol. The maximum atomic E-state index is 7.52. The number of aromatic nitrogens is 1. The minimum absolute atomic E-state index is 0.00616. The molecule has 0 atom stereocenters. The number of benzene rings is 11. The maximum Gasteiger partial charge on any atom is 0.256 e. The molecule has 0 fully saturated rings. The Morgan fingerprint density at radius 3 is 1.01 bits per heavy atom. The van der Waals surface area contributed by atoms with Crippen LogP contribution in [0.25, 0.3) is 27.5 Å². The molecule has 11 aromatic carbocycles. The number of ether oxygens (including phenoxy) is 4. The summed E-state index contributed by atoms with van der Waals surface area (Å²) >= 11 is 0. The topological polar surface area (TPSA) is 48.3 Å². The number of hydrogen-bond acceptors (Lipinski definition) is 6. The van der Waals surface area contributed by atoms with E-state index < -0.39 is 0 Å². The fourth-order valence-electron chi connectivity index (χ4n) is 15.9. The first-order valence-electron chi connectivity index (χ1n) is 27.5. The first-order valence-corrected chi connectivity index (χ1v) is 27.5. The molecule has 0 amide bonds. The lowest BCUT2D eigenvalue weighted by molar-refractivity contribution is 0.459. The number of para-hydroxylation sites is 7. The fraction of sp³-hybridized carbons (Fsp3) is 0.0294. The van der Waals surface area contributed by atoms with E-state index in [-0.39, 0.29) is 26.9 Å². The lowest BCUT2D eigenvalue weighted by Gasteiger charge is -2.47. The number of anilines is 6. The summed E-state index contributed by atoms with van der Waals surface area (Å²) < 4.78 is 31.6. The van der Waals surface area contributed by atoms with Crippen molar-refractivity contribution in [2.24, 2.45) is 0 Å². The van der Waals surface area contributed by atoms with Gasteiger partial charge in [-0.05, 0) is 128 Å². The average Bonchev–Trinajstić information content (AvgIpc) is 2.90. The zero-order valence-corrected chi connectivity index (χ0v) is 42.8. The van der Waals surface area contributed by atoms with E-state index in [4.69, 9.17) is 18.9 Å². The molecular weight excluding hydrogens is 966 g/mol. The van der Waals surface area contributed by atoms with Crippen molar-refractivity contribution in [3.8, 4) is 51.7 Å². The molecule has 7 nitrogen and oxygen atoms in total. The van der Waals surface area contributed by atoms with E-state index >= 15 is 0 Å². The zero-order chi connectivity index (χ0) is 51.3. The smallest absolute Gasteiger partial charge is 0.256 e. The summed E-state index contributed by atoms with van der Waals surface area (Å²) in [5.74, 6) is 6.99. The molecule has 12 aromatic rings. The Morgan fingerprint density at radius 1 is 0.304 bits per heavy atom. The zero-order valence-electron chi connectivity index (χ0n) is 42.8. The molecule has 9 heterocycles. The summed E-state index contributed by atoms with van der Waals surface area (Å²) in [6.45, 7) is 4.13. The molecule has 0 aliphatic carbocycles. The predicted octanol–water partition coefficient (Wildman–Crippen LogP) is 8.08. The van der Waals surface area contributed by atoms with Gasteiger partial charge in [-0.25, -0.2) is 0 Å². The van der Waals surface area contributed by atoms with E-state index in [1.54, 1.807) is 0 Å². The maximum absolute atomic E-state index is 7.52. The summed E-state index contributed by atoms with van der Waals surface area (Å²) in [5.41, 5.74) is 26.8. The van der Waals surface area contributed by atoms with Gasteiger partial charge in [0.1, 0.15) is 46.0 Å². The third-order valence-corrected chi connectivity index (χ3v) is 18.9. The minimum Gasteiger partial charge on any atom is -0.458 e. The van der Waals surface area contributed by atoms with Crippen molar-refractivity contribution in [1.29, 1.82) is 0 Å². The first-order chi connectivity index (χ1) is 39.1. The van der Waals surface area contributed by atoms with Crippen LogP contribution in [0.2, 0.25) is 0 Å². The number of rotatable bonds is 1. The lowest BCUT2D eigenvalue weighted by atomic mass is 9.29. The van der Waals surface area contributed by atoms with E-state index in [0.29, 0.717) is 0 Å². The van der Waals surface area contributed by atoms with Crippen LogP contribution >= 0.6 is 0 Å². The van der Waals surface area contributed by atoms with Crippen LogP contribution in [0.4, 0.5) is 34.1 Å². The van der Waals surface area contributed by atoms with Crippen LogP contribution < -0.4 is 94.3 Å². The van der Waals surface area contributed by atoms with E-state index in [9.17, 15) is 0 Å². The Labute approximate surface area is 456 Å². The second-order valence-electron chi connectivity index (χ2n) is 22.5. The van der Waals surface area contributed by atoms with E-state index in [0.717, 1.165) is 95.5 Å². The van der Waals surface area contributed by atoms with Crippen LogP contribution in [-0.2, 0) is 0 Å². The SMILES string of the molecule is Cc1c2c3c4c5c1Oc1cc6c(cc1B5c1ccccc1N4c1ccccc1B3c1ccccc1O2)c1cc2c(cc1n6-c1ccccc1)Oc1c(C)c3c4c5c1B2c1ccccc1N5c1ccccc1B4c1ccccc1O3. The van der Waals surface area contributed by atoms with Gasteiger partial charge >= 0.3 is 0 Å². The van der Waals surface area contributed by atoms with Gasteiger partial charge in [0.2, 0.25) is 0 Å². The van der Waals surface area contributed by atoms with Crippen LogP contribution in [0, 0.1) is 13.8 Å². The third kappa shape index (κ3) is 4.87. The monoisotopic (exact) mass is 1010 g/mol. The third-order valence-electron chi connectivity index (χ3n) is 18.9. The molecular formula is C68H39B4N3O4. The molecule has 0 saturated heterocycles. The highest BCUT2D eigenvalue weighted by Crippen LogP contribution is 2.51. The van der Waals surface area contributed by atoms with Gasteiger partial charge in [0.05, 0.1) is 11.0 Å². The molecule has 11 heteroatoms. The standard InChI is InChI=1S/C68H39B4N3O4/c1-36-65-59-63-61-67(36)78-57-34-53-39(32-47(57)71(61)43-22-8-14-28-51(43)74(63)49-26-12-6-20-41(49)69(59)45-24-10-16-30-55(45)76-65)40-33-48-58(35-54(40)73(53)38-18-4-3-5-19-38)79-68-37(2)66-60-64-62(68)72(48)44-23-9-15-29-52(44)75(64)50-27-13-7-21-42(50)70(60)46-25-11-17-31-56(46)77-66/h3-35H,1-2H3. The molecule has 362 valence electrons. The van der Waals surface area contributed by atoms with Gasteiger partial charge < -0.3 is 33.3 Å². The van der Waals surface area contributed by atoms with Gasteiger partial charge in [-0.15, -0.1) is 0 Å². The first kappa shape index (κ1) is 41.4. The molecule has 0 unspecified atom stereocenters. The molecule has 79 heavy (non-hydrogen) atoms. The van der Waals surface area contributed by atoms with Crippen molar-refractivity contribution in [3.63, 3.8) is 0 Å². The molecule has 8 aliphatic rings. The summed E-state index contributed by atoms with van der Waals surface area (Å²) in [6, 6.07) is 73.4. The van der Waals surface area contributed by atoms with Crippen LogP contribution in [-0.4, -0.2) is 31.4 Å². The van der Waals surface area contributed by atoms with Gasteiger partial charge in [0.15, 0.2) is 0 Å². The Morgan fingerprint density at radius 2 is 0.620 bits per heavy atom. The van der Waals surface area contributed by atoms with Crippen molar-refractivity contribution in [2.45, 2.75) is 13.8 Å². The lowest BCUT2D eigenvalue weighted by Crippen LogP contribution is -2.67. The van der Waals surface area contributed by atoms with Gasteiger partial charge in [-0.3, -0.25) is 0 Å². The highest BCUT2D eigenvalue weighted by molar-refractivity contribution is 7.05. The Bertz CT molecular complexity index is 4620. The van der Waals surface area contributed by atoms with E-state index in [1.165, 1.54) is 88.8 Å². The molecule has 0 radical (unpaired) electrons. The van der Waals surface area contributed by atoms with Crippen molar-refractivity contribution in [2.75, 3.05) is 9.80 Å². The largest absolute Gasteiger partial charge is 0.458 e. The molecule has 0 saturated carbocycles. The van der Waals surface area contributed by atoms with Crippen molar-refractivity contribution in [3.05, 3.63) is 211 Å². The van der Waals surface area contributed by atoms with Gasteiger partial charge in [0, 0.05) is 73.8 Å². The summed E-state index contributed by atoms with van der Waals surface area (Å²) in [6.07, 6.45) is 0. The number of nitrogens with zero attached hydrogens (tertiary/aromatic N) is 3. The van der Waals surface area contributed by atoms with Gasteiger partial charge in [0.25, 0.3) is 26.9 Å². The Hall–Kier alpha value is -9.72. The van der Waals surface area contributed by atoms with Crippen LogP contribution in [0.5, 0.6) is 46.0 Å². The number of hydrogen-bond donors (Lipinski definition) is 0. The van der Waals surface area contributed by atoms with E-state index in [2.05, 4.69) is 228 Å². The van der Waals surface area contributed by atoms with Crippen LogP contribution in [0.15, 0.2) is 200 Å². The average molecular weight is 1010 g/mol. The minimum atomic E-state index is -0.123. The molecule has 0 bridgehead atoms. The Balaban J connectivity index is 0.863. The highest BCUT2D eigenvalue weighted by atomic mass is 16.5. The van der Waals surface area contributed by atoms with Crippen LogP contribution in [0.3, 0.4) is 0 Å². The van der Waals surface area contributed by atoms with Gasteiger partial charge in [-0.2, -0.15) is 0 Å². The van der Waals surface area contributed by atoms with Crippen molar-refractivity contribution < 1.29 is 18.9 Å². The highest BCUT2D eigenvalue weighted by Gasteiger charge is 2.54. The molecule has 0 N–H and O–H groups in total. The number of fused-ring (bicyclic) bond motifs is 23. The van der Waals surface area contributed by atoms with Gasteiger partial charge in [-0.1, -0.05) is 140 Å². The van der Waals surface area contributed by atoms with Crippen molar-refractivity contribution in [1.82, 2.24) is 4.57 Å². The normalized spacial score (nSPS) is 14.7. The quantitative estimate of drug-likeness (QED) is 0.155. The second kappa shape index (κ2) is 14.2. The summed E-state index contributed by atoms with van der Waals surface area (Å²) in [4.78, 5) is 5.01. The molecule has 8 aliphatic heterocycles. The van der Waals surface area contributed by atoms with Crippen LogP contribution in [0.1, 0.15) is 11.1 Å². The Kier molecular flexibility index (Phi) is 7.48. The second-order valence-corrected chi connectivity index (χ2v) is 22.5. The summed E-state index contributed by atoms with van der Waals surface area (Å²) in [5, 5.41) is 2.32. The summed E-state index contributed by atoms with van der Waals surface area (Å²) in [7, 11) is 0. The van der Waals surface area contributed by atoms with Crippen molar-refractivity contribution >= 4 is 148 Å². The van der Waals surface area contributed by atoms with E-state index in [1.807, 2.05) is 0 Å². The molecule has 0 spiro atoms. The fourth-order valence-corrected chi connectivity index (χ4v) is 15.9. The molecule has 20 rings (SSSR count).